The van der Waals surface area contributed by atoms with Crippen molar-refractivity contribution in [3.8, 4) is 0 Å². The van der Waals surface area contributed by atoms with E-state index in [1.807, 2.05) is 25.1 Å². The molecule has 7 heteroatoms. The highest BCUT2D eigenvalue weighted by Gasteiger charge is 2.32. The maximum absolute atomic E-state index is 12.9. The second kappa shape index (κ2) is 10.4. The van der Waals surface area contributed by atoms with E-state index in [1.165, 1.54) is 9.87 Å². The zero-order chi connectivity index (χ0) is 21.6. The maximum Gasteiger partial charge on any atom is 0.224 e. The lowest BCUT2D eigenvalue weighted by Gasteiger charge is -2.32. The molecule has 1 saturated heterocycles. The van der Waals surface area contributed by atoms with Gasteiger partial charge in [0, 0.05) is 24.2 Å². The number of carbonyl (C=O) groups excluding carboxylic acids is 1. The van der Waals surface area contributed by atoms with E-state index in [4.69, 9.17) is 11.6 Å². The van der Waals surface area contributed by atoms with Crippen LogP contribution in [0.2, 0.25) is 5.02 Å². The molecule has 0 unspecified atom stereocenters. The molecule has 3 rings (SSSR count). The third kappa shape index (κ3) is 6.56. The van der Waals surface area contributed by atoms with Gasteiger partial charge in [-0.3, -0.25) is 4.79 Å². The van der Waals surface area contributed by atoms with Crippen LogP contribution in [0.4, 0.5) is 0 Å². The summed E-state index contributed by atoms with van der Waals surface area (Å²) in [5.74, 6) is -0.439. The van der Waals surface area contributed by atoms with Gasteiger partial charge in [-0.15, -0.1) is 0 Å². The monoisotopic (exact) mass is 448 g/mol. The topological polar surface area (TPSA) is 66.5 Å². The number of nitrogens with zero attached hydrogens (tertiary/aromatic N) is 1. The summed E-state index contributed by atoms with van der Waals surface area (Å²) in [4.78, 5) is 12.7. The zero-order valence-electron chi connectivity index (χ0n) is 17.3. The minimum atomic E-state index is -3.48. The van der Waals surface area contributed by atoms with Gasteiger partial charge in [0.05, 0.1) is 11.7 Å². The molecule has 30 heavy (non-hydrogen) atoms. The van der Waals surface area contributed by atoms with Crippen LogP contribution in [0.25, 0.3) is 0 Å². The molecule has 2 aromatic carbocycles. The van der Waals surface area contributed by atoms with E-state index in [1.54, 1.807) is 24.3 Å². The molecule has 0 bridgehead atoms. The molecular weight excluding hydrogens is 420 g/mol. The Balaban J connectivity index is 1.52. The lowest BCUT2D eigenvalue weighted by molar-refractivity contribution is -0.126. The van der Waals surface area contributed by atoms with E-state index in [0.717, 1.165) is 12.8 Å². The minimum absolute atomic E-state index is 0.0405. The van der Waals surface area contributed by atoms with Crippen LogP contribution in [-0.2, 0) is 27.0 Å². The normalized spacial score (nSPS) is 18.7. The molecule has 5 nitrogen and oxygen atoms in total. The van der Waals surface area contributed by atoms with Crippen molar-refractivity contribution in [3.05, 3.63) is 70.7 Å². The van der Waals surface area contributed by atoms with Crippen molar-refractivity contribution < 1.29 is 13.2 Å². The molecule has 0 spiro atoms. The van der Waals surface area contributed by atoms with Crippen LogP contribution in [0.5, 0.6) is 0 Å². The SMILES string of the molecule is C[C@@H](CCc1ccccc1)NC(=O)[C@H]1CCCN(S(=O)(=O)Cc2ccc(Cl)cc2)C1. The van der Waals surface area contributed by atoms with Gasteiger partial charge in [0.15, 0.2) is 0 Å². The van der Waals surface area contributed by atoms with Gasteiger partial charge < -0.3 is 5.32 Å². The highest BCUT2D eigenvalue weighted by molar-refractivity contribution is 7.88. The maximum atomic E-state index is 12.9. The molecule has 1 aliphatic rings. The van der Waals surface area contributed by atoms with Gasteiger partial charge in [0.1, 0.15) is 0 Å². The summed E-state index contributed by atoms with van der Waals surface area (Å²) in [6, 6.07) is 17.1. The third-order valence-corrected chi connectivity index (χ3v) is 7.58. The van der Waals surface area contributed by atoms with E-state index >= 15 is 0 Å². The van der Waals surface area contributed by atoms with Gasteiger partial charge >= 0.3 is 0 Å². The average Bonchev–Trinajstić information content (AvgIpc) is 2.74. The fourth-order valence-corrected chi connectivity index (χ4v) is 5.49. The Labute approximate surface area is 184 Å². The first kappa shape index (κ1) is 22.8. The summed E-state index contributed by atoms with van der Waals surface area (Å²) < 4.78 is 27.2. The molecule has 1 aliphatic heterocycles. The van der Waals surface area contributed by atoms with E-state index in [0.29, 0.717) is 30.0 Å². The van der Waals surface area contributed by atoms with Crippen molar-refractivity contribution in [2.24, 2.45) is 5.92 Å². The number of halogens is 1. The molecular formula is C23H29ClN2O3S. The molecule has 1 N–H and O–H groups in total. The molecule has 0 saturated carbocycles. The number of nitrogens with one attached hydrogen (secondary N) is 1. The van der Waals surface area contributed by atoms with Crippen LogP contribution in [0.3, 0.4) is 0 Å². The number of benzene rings is 2. The Kier molecular flexibility index (Phi) is 7.92. The standard InChI is InChI=1S/C23H29ClN2O3S/c1-18(9-10-19-6-3-2-4-7-19)25-23(27)21-8-5-15-26(16-21)30(28,29)17-20-11-13-22(24)14-12-20/h2-4,6-7,11-14,18,21H,5,8-10,15-17H2,1H3,(H,25,27)/t18-,21-/m0/s1. The number of carbonyl (C=O) groups is 1. The molecule has 1 fully saturated rings. The highest BCUT2D eigenvalue weighted by Crippen LogP contribution is 2.22. The molecule has 0 radical (unpaired) electrons. The number of sulfonamides is 1. The van der Waals surface area contributed by atoms with Crippen LogP contribution in [0, 0.1) is 5.92 Å². The van der Waals surface area contributed by atoms with Crippen LogP contribution in [-0.4, -0.2) is 37.8 Å². The molecule has 2 atom stereocenters. The number of amides is 1. The number of hydrogen-bond donors (Lipinski definition) is 1. The predicted molar refractivity (Wildman–Crippen MR) is 121 cm³/mol. The molecule has 0 aliphatic carbocycles. The number of piperidine rings is 1. The van der Waals surface area contributed by atoms with Crippen molar-refractivity contribution >= 4 is 27.5 Å². The fraction of sp³-hybridized carbons (Fsp3) is 0.435. The Morgan fingerprint density at radius 1 is 1.13 bits per heavy atom. The number of rotatable bonds is 8. The molecule has 0 aromatic heterocycles. The van der Waals surface area contributed by atoms with Crippen molar-refractivity contribution in [3.63, 3.8) is 0 Å². The largest absolute Gasteiger partial charge is 0.353 e. The molecule has 2 aromatic rings. The summed E-state index contributed by atoms with van der Waals surface area (Å²) in [6.45, 7) is 2.70. The second-order valence-electron chi connectivity index (χ2n) is 8.01. The Morgan fingerprint density at radius 2 is 1.83 bits per heavy atom. The summed E-state index contributed by atoms with van der Waals surface area (Å²) in [5.41, 5.74) is 1.94. The molecule has 1 heterocycles. The van der Waals surface area contributed by atoms with Crippen molar-refractivity contribution in [2.75, 3.05) is 13.1 Å². The minimum Gasteiger partial charge on any atom is -0.353 e. The van der Waals surface area contributed by atoms with Crippen molar-refractivity contribution in [1.82, 2.24) is 9.62 Å². The summed E-state index contributed by atoms with van der Waals surface area (Å²) >= 11 is 5.88. The predicted octanol–water partition coefficient (Wildman–Crippen LogP) is 4.02. The van der Waals surface area contributed by atoms with E-state index in [-0.39, 0.29) is 30.2 Å². The van der Waals surface area contributed by atoms with Gasteiger partial charge in [-0.05, 0) is 55.9 Å². The smallest absolute Gasteiger partial charge is 0.224 e. The second-order valence-corrected chi connectivity index (χ2v) is 10.4. The number of hydrogen-bond acceptors (Lipinski definition) is 3. The third-order valence-electron chi connectivity index (χ3n) is 5.51. The Morgan fingerprint density at radius 3 is 2.53 bits per heavy atom. The zero-order valence-corrected chi connectivity index (χ0v) is 18.8. The van der Waals surface area contributed by atoms with Gasteiger partial charge in [-0.2, -0.15) is 0 Å². The highest BCUT2D eigenvalue weighted by atomic mass is 35.5. The Bertz CT molecular complexity index is 933. The first-order valence-corrected chi connectivity index (χ1v) is 12.4. The van der Waals surface area contributed by atoms with Gasteiger partial charge in [-0.1, -0.05) is 54.1 Å². The lowest BCUT2D eigenvalue weighted by Crippen LogP contribution is -2.47. The first-order chi connectivity index (χ1) is 14.3. The quantitative estimate of drug-likeness (QED) is 0.663. The molecule has 162 valence electrons. The van der Waals surface area contributed by atoms with Gasteiger partial charge in [0.25, 0.3) is 0 Å². The van der Waals surface area contributed by atoms with Crippen LogP contribution in [0.1, 0.15) is 37.3 Å². The first-order valence-electron chi connectivity index (χ1n) is 10.4. The lowest BCUT2D eigenvalue weighted by atomic mass is 9.98. The van der Waals surface area contributed by atoms with E-state index in [9.17, 15) is 13.2 Å². The van der Waals surface area contributed by atoms with Crippen LogP contribution >= 0.6 is 11.6 Å². The fourth-order valence-electron chi connectivity index (χ4n) is 3.75. The van der Waals surface area contributed by atoms with Crippen molar-refractivity contribution in [1.29, 1.82) is 0 Å². The van der Waals surface area contributed by atoms with Gasteiger partial charge in [-0.25, -0.2) is 12.7 Å². The summed E-state index contributed by atoms with van der Waals surface area (Å²) in [5, 5.41) is 3.65. The summed E-state index contributed by atoms with van der Waals surface area (Å²) in [7, 11) is -3.48. The van der Waals surface area contributed by atoms with E-state index < -0.39 is 10.0 Å². The van der Waals surface area contributed by atoms with Crippen LogP contribution < -0.4 is 5.32 Å². The van der Waals surface area contributed by atoms with Crippen LogP contribution in [0.15, 0.2) is 54.6 Å². The number of aryl methyl sites for hydroxylation is 1. The van der Waals surface area contributed by atoms with Crippen molar-refractivity contribution in [2.45, 2.75) is 44.4 Å². The van der Waals surface area contributed by atoms with Gasteiger partial charge in [0.2, 0.25) is 15.9 Å². The Hall–Kier alpha value is -1.89. The summed E-state index contributed by atoms with van der Waals surface area (Å²) in [6.07, 6.45) is 3.15. The van der Waals surface area contributed by atoms with E-state index in [2.05, 4.69) is 17.4 Å². The molecule has 1 amide bonds. The average molecular weight is 449 g/mol.